The summed E-state index contributed by atoms with van der Waals surface area (Å²) in [6, 6.07) is 15.7. The van der Waals surface area contributed by atoms with Crippen molar-refractivity contribution in [2.45, 2.75) is 47.1 Å². The second-order valence-electron chi connectivity index (χ2n) is 7.80. The van der Waals surface area contributed by atoms with Gasteiger partial charge in [0.25, 0.3) is 5.91 Å². The summed E-state index contributed by atoms with van der Waals surface area (Å²) in [5.41, 5.74) is 3.81. The van der Waals surface area contributed by atoms with Crippen LogP contribution in [0.2, 0.25) is 0 Å². The lowest BCUT2D eigenvalue weighted by Crippen LogP contribution is -2.33. The number of nitrogens with one attached hydrogen (secondary N) is 2. The van der Waals surface area contributed by atoms with E-state index < -0.39 is 0 Å². The largest absolute Gasteiger partial charge is 0.339 e. The first-order chi connectivity index (χ1) is 14.4. The fraction of sp³-hybridized carbons (Fsp3) is 0.440. The van der Waals surface area contributed by atoms with Crippen LogP contribution in [0.3, 0.4) is 0 Å². The average Bonchev–Trinajstić information content (AvgIpc) is 2.75. The van der Waals surface area contributed by atoms with Crippen molar-refractivity contribution in [3.63, 3.8) is 0 Å². The smallest absolute Gasteiger partial charge is 0.253 e. The molecule has 5 nitrogen and oxygen atoms in total. The Morgan fingerprint density at radius 2 is 1.50 bits per heavy atom. The van der Waals surface area contributed by atoms with Gasteiger partial charge in [-0.15, -0.1) is 0 Å². The maximum Gasteiger partial charge on any atom is 0.253 e. The second-order valence-corrected chi connectivity index (χ2v) is 7.80. The van der Waals surface area contributed by atoms with Gasteiger partial charge >= 0.3 is 0 Å². The van der Waals surface area contributed by atoms with Gasteiger partial charge in [-0.1, -0.05) is 45.0 Å². The van der Waals surface area contributed by atoms with Crippen LogP contribution in [0.15, 0.2) is 48.5 Å². The molecule has 2 aromatic rings. The molecular weight excluding hydrogens is 374 g/mol. The van der Waals surface area contributed by atoms with Crippen LogP contribution in [0.4, 0.5) is 5.69 Å². The van der Waals surface area contributed by atoms with E-state index in [-0.39, 0.29) is 24.4 Å². The van der Waals surface area contributed by atoms with Gasteiger partial charge < -0.3 is 15.5 Å². The van der Waals surface area contributed by atoms with Crippen molar-refractivity contribution in [1.29, 1.82) is 0 Å². The molecule has 0 spiro atoms. The predicted molar refractivity (Wildman–Crippen MR) is 124 cm³/mol. The highest BCUT2D eigenvalue weighted by molar-refractivity contribution is 5.96. The lowest BCUT2D eigenvalue weighted by Gasteiger charge is -2.23. The van der Waals surface area contributed by atoms with Gasteiger partial charge in [0, 0.05) is 30.4 Å². The molecular formula is C25H35N3O2. The Bertz CT molecular complexity index is 809. The van der Waals surface area contributed by atoms with Crippen molar-refractivity contribution in [2.24, 2.45) is 5.92 Å². The van der Waals surface area contributed by atoms with Crippen molar-refractivity contribution in [3.8, 4) is 0 Å². The first-order valence-electron chi connectivity index (χ1n) is 10.9. The van der Waals surface area contributed by atoms with Gasteiger partial charge in [0.15, 0.2) is 0 Å². The SMILES string of the molecule is CCc1ccc([C@@H](NCC(=O)Nc2ccc(C(=O)N(CC)CC)cc2)C(C)C)cc1. The Morgan fingerprint density at radius 3 is 2.00 bits per heavy atom. The predicted octanol–water partition coefficient (Wildman–Crippen LogP) is 4.66. The van der Waals surface area contributed by atoms with Crippen LogP contribution in [0, 0.1) is 5.92 Å². The van der Waals surface area contributed by atoms with Gasteiger partial charge in [0.2, 0.25) is 5.91 Å². The zero-order chi connectivity index (χ0) is 22.1. The molecule has 0 heterocycles. The minimum absolute atomic E-state index is 0.00779. The summed E-state index contributed by atoms with van der Waals surface area (Å²) in [7, 11) is 0. The number of nitrogens with zero attached hydrogens (tertiary/aromatic N) is 1. The number of carbonyl (C=O) groups is 2. The highest BCUT2D eigenvalue weighted by Crippen LogP contribution is 2.22. The fourth-order valence-corrected chi connectivity index (χ4v) is 3.50. The van der Waals surface area contributed by atoms with Crippen molar-refractivity contribution in [1.82, 2.24) is 10.2 Å². The maximum atomic E-state index is 12.4. The topological polar surface area (TPSA) is 61.4 Å². The fourth-order valence-electron chi connectivity index (χ4n) is 3.50. The molecule has 0 saturated heterocycles. The molecule has 2 rings (SSSR count). The molecule has 5 heteroatoms. The standard InChI is InChI=1S/C25H35N3O2/c1-6-19-9-11-20(12-10-19)24(18(4)5)26-17-23(29)27-22-15-13-21(14-16-22)25(30)28(7-2)8-3/h9-16,18,24,26H,6-8,17H2,1-5H3,(H,27,29)/t24-/m0/s1. The molecule has 0 unspecified atom stereocenters. The molecule has 2 aromatic carbocycles. The Labute approximate surface area is 180 Å². The summed E-state index contributed by atoms with van der Waals surface area (Å²) < 4.78 is 0. The van der Waals surface area contributed by atoms with Crippen LogP contribution in [0.5, 0.6) is 0 Å². The second kappa shape index (κ2) is 11.5. The average molecular weight is 410 g/mol. The number of amides is 2. The molecule has 162 valence electrons. The Morgan fingerprint density at radius 1 is 0.900 bits per heavy atom. The minimum atomic E-state index is -0.103. The summed E-state index contributed by atoms with van der Waals surface area (Å²) in [5.74, 6) is 0.262. The number of aryl methyl sites for hydroxylation is 1. The lowest BCUT2D eigenvalue weighted by atomic mass is 9.95. The van der Waals surface area contributed by atoms with Crippen LogP contribution < -0.4 is 10.6 Å². The third kappa shape index (κ3) is 6.42. The van der Waals surface area contributed by atoms with E-state index in [0.717, 1.165) is 6.42 Å². The van der Waals surface area contributed by atoms with Gasteiger partial charge in [-0.25, -0.2) is 0 Å². The normalized spacial score (nSPS) is 11.9. The van der Waals surface area contributed by atoms with Crippen LogP contribution >= 0.6 is 0 Å². The number of rotatable bonds is 10. The van der Waals surface area contributed by atoms with Gasteiger partial charge in [-0.3, -0.25) is 9.59 Å². The highest BCUT2D eigenvalue weighted by atomic mass is 16.2. The number of benzene rings is 2. The number of carbonyl (C=O) groups excluding carboxylic acids is 2. The third-order valence-electron chi connectivity index (χ3n) is 5.36. The highest BCUT2D eigenvalue weighted by Gasteiger charge is 2.17. The molecule has 30 heavy (non-hydrogen) atoms. The number of hydrogen-bond donors (Lipinski definition) is 2. The zero-order valence-corrected chi connectivity index (χ0v) is 18.9. The molecule has 0 aliphatic rings. The minimum Gasteiger partial charge on any atom is -0.339 e. The monoisotopic (exact) mass is 409 g/mol. The summed E-state index contributed by atoms with van der Waals surface area (Å²) in [6.07, 6.45) is 1.02. The molecule has 0 aliphatic heterocycles. The van der Waals surface area contributed by atoms with Crippen molar-refractivity contribution >= 4 is 17.5 Å². The summed E-state index contributed by atoms with van der Waals surface area (Å²) in [5, 5.41) is 6.28. The quantitative estimate of drug-likeness (QED) is 0.600. The molecule has 0 saturated carbocycles. The summed E-state index contributed by atoms with van der Waals surface area (Å²) in [6.45, 7) is 11.9. The Hall–Kier alpha value is -2.66. The van der Waals surface area contributed by atoms with E-state index in [2.05, 4.69) is 55.7 Å². The summed E-state index contributed by atoms with van der Waals surface area (Å²) in [4.78, 5) is 26.6. The van der Waals surface area contributed by atoms with E-state index in [4.69, 9.17) is 0 Å². The van der Waals surface area contributed by atoms with Gasteiger partial charge in [0.1, 0.15) is 0 Å². The molecule has 0 aromatic heterocycles. The van der Waals surface area contributed by atoms with E-state index in [9.17, 15) is 9.59 Å². The zero-order valence-electron chi connectivity index (χ0n) is 18.9. The van der Waals surface area contributed by atoms with E-state index in [1.165, 1.54) is 11.1 Å². The van der Waals surface area contributed by atoms with E-state index >= 15 is 0 Å². The first kappa shape index (κ1) is 23.6. The Balaban J connectivity index is 1.94. The summed E-state index contributed by atoms with van der Waals surface area (Å²) >= 11 is 0. The molecule has 0 fully saturated rings. The molecule has 0 aliphatic carbocycles. The number of anilines is 1. The van der Waals surface area contributed by atoms with E-state index in [1.807, 2.05) is 13.8 Å². The van der Waals surface area contributed by atoms with E-state index in [0.29, 0.717) is 30.3 Å². The van der Waals surface area contributed by atoms with Crippen LogP contribution in [0.25, 0.3) is 0 Å². The molecule has 2 amide bonds. The number of hydrogen-bond acceptors (Lipinski definition) is 3. The molecule has 1 atom stereocenters. The van der Waals surface area contributed by atoms with Gasteiger partial charge in [-0.2, -0.15) is 0 Å². The van der Waals surface area contributed by atoms with Crippen LogP contribution in [-0.4, -0.2) is 36.3 Å². The maximum absolute atomic E-state index is 12.4. The third-order valence-corrected chi connectivity index (χ3v) is 5.36. The van der Waals surface area contributed by atoms with Crippen molar-refractivity contribution < 1.29 is 9.59 Å². The molecule has 0 radical (unpaired) electrons. The van der Waals surface area contributed by atoms with Gasteiger partial charge in [-0.05, 0) is 61.6 Å². The molecule has 0 bridgehead atoms. The van der Waals surface area contributed by atoms with Crippen LogP contribution in [0.1, 0.15) is 62.1 Å². The van der Waals surface area contributed by atoms with E-state index in [1.54, 1.807) is 29.2 Å². The molecule has 2 N–H and O–H groups in total. The first-order valence-corrected chi connectivity index (χ1v) is 10.9. The van der Waals surface area contributed by atoms with Gasteiger partial charge in [0.05, 0.1) is 6.54 Å². The van der Waals surface area contributed by atoms with Crippen LogP contribution in [-0.2, 0) is 11.2 Å². The Kier molecular flexibility index (Phi) is 9.06. The van der Waals surface area contributed by atoms with Crippen molar-refractivity contribution in [3.05, 3.63) is 65.2 Å². The van der Waals surface area contributed by atoms with Crippen molar-refractivity contribution in [2.75, 3.05) is 25.0 Å². The lowest BCUT2D eigenvalue weighted by molar-refractivity contribution is -0.115.